The van der Waals surface area contributed by atoms with E-state index in [2.05, 4.69) is 26.3 Å². The molecule has 1 aliphatic rings. The summed E-state index contributed by atoms with van der Waals surface area (Å²) < 4.78 is 6.35. The maximum Gasteiger partial charge on any atom is 0.280 e. The zero-order valence-electron chi connectivity index (χ0n) is 18.2. The molecule has 0 saturated heterocycles. The fraction of sp³-hybridized carbons (Fsp3) is 0.115. The summed E-state index contributed by atoms with van der Waals surface area (Å²) in [6, 6.07) is 22.3. The van der Waals surface area contributed by atoms with Gasteiger partial charge in [0.05, 0.1) is 21.4 Å². The number of nitrogens with zero attached hydrogens (tertiary/aromatic N) is 2. The number of hydrazone groups is 1. The first-order valence-electron chi connectivity index (χ1n) is 10.4. The van der Waals surface area contributed by atoms with Gasteiger partial charge in [0.15, 0.2) is 6.61 Å². The van der Waals surface area contributed by atoms with Gasteiger partial charge >= 0.3 is 0 Å². The number of hydrogen-bond acceptors (Lipinski definition) is 4. The van der Waals surface area contributed by atoms with Crippen molar-refractivity contribution in [1.82, 2.24) is 0 Å². The molecule has 2 amide bonds. The molecule has 4 rings (SSSR count). The third-order valence-electron chi connectivity index (χ3n) is 4.99. The Bertz CT molecular complexity index is 1270. The van der Waals surface area contributed by atoms with Crippen LogP contribution in [0.3, 0.4) is 0 Å². The standard InChI is InChI=1S/C26H22BrN3O3/c1-17-7-6-8-20(13-17)28-25(31)16-33-24-12-11-19(15-23(24)27)14-22-18(2)29-30(26(22)32)21-9-4-3-5-10-21/h3-15H,16H2,1-2H3,(H,28,31)/b22-14-. The van der Waals surface area contributed by atoms with Crippen LogP contribution >= 0.6 is 15.9 Å². The van der Waals surface area contributed by atoms with Gasteiger partial charge in [-0.15, -0.1) is 0 Å². The van der Waals surface area contributed by atoms with E-state index in [0.29, 0.717) is 21.5 Å². The lowest BCUT2D eigenvalue weighted by Crippen LogP contribution is -2.21. The topological polar surface area (TPSA) is 71.0 Å². The summed E-state index contributed by atoms with van der Waals surface area (Å²) in [7, 11) is 0. The van der Waals surface area contributed by atoms with Crippen LogP contribution in [0.5, 0.6) is 5.75 Å². The summed E-state index contributed by atoms with van der Waals surface area (Å²) >= 11 is 3.49. The van der Waals surface area contributed by atoms with Crippen LogP contribution in [0.15, 0.2) is 87.9 Å². The summed E-state index contributed by atoms with van der Waals surface area (Å²) in [6.45, 7) is 3.65. The van der Waals surface area contributed by atoms with Crippen LogP contribution in [0.25, 0.3) is 6.08 Å². The predicted octanol–water partition coefficient (Wildman–Crippen LogP) is 5.58. The largest absolute Gasteiger partial charge is 0.483 e. The van der Waals surface area contributed by atoms with Crippen molar-refractivity contribution in [3.05, 3.63) is 94.0 Å². The fourth-order valence-electron chi connectivity index (χ4n) is 3.38. The summed E-state index contributed by atoms with van der Waals surface area (Å²) in [5.74, 6) is 0.108. The molecular formula is C26H22BrN3O3. The number of hydrogen-bond donors (Lipinski definition) is 1. The van der Waals surface area contributed by atoms with Crippen LogP contribution in [-0.2, 0) is 9.59 Å². The second kappa shape index (κ2) is 9.83. The Morgan fingerprint density at radius 3 is 2.58 bits per heavy atom. The number of carbonyl (C=O) groups excluding carboxylic acids is 2. The minimum Gasteiger partial charge on any atom is -0.483 e. The van der Waals surface area contributed by atoms with Crippen LogP contribution in [0, 0.1) is 6.92 Å². The molecule has 0 atom stereocenters. The van der Waals surface area contributed by atoms with Gasteiger partial charge < -0.3 is 10.1 Å². The fourth-order valence-corrected chi connectivity index (χ4v) is 3.89. The Morgan fingerprint density at radius 1 is 1.06 bits per heavy atom. The smallest absolute Gasteiger partial charge is 0.280 e. The number of carbonyl (C=O) groups is 2. The van der Waals surface area contributed by atoms with Crippen molar-refractivity contribution in [2.45, 2.75) is 13.8 Å². The van der Waals surface area contributed by atoms with Gasteiger partial charge in [-0.3, -0.25) is 9.59 Å². The predicted molar refractivity (Wildman–Crippen MR) is 134 cm³/mol. The number of para-hydroxylation sites is 1. The number of ether oxygens (including phenoxy) is 1. The van der Waals surface area contributed by atoms with Gasteiger partial charge in [-0.25, -0.2) is 0 Å². The molecule has 1 aliphatic heterocycles. The van der Waals surface area contributed by atoms with E-state index in [4.69, 9.17) is 4.74 Å². The van der Waals surface area contributed by atoms with E-state index in [0.717, 1.165) is 22.5 Å². The minimum absolute atomic E-state index is 0.122. The molecule has 7 heteroatoms. The molecule has 0 aromatic heterocycles. The number of anilines is 2. The molecule has 1 heterocycles. The van der Waals surface area contributed by atoms with E-state index in [1.54, 1.807) is 12.1 Å². The molecule has 0 fully saturated rings. The number of aryl methyl sites for hydroxylation is 1. The number of nitrogens with one attached hydrogen (secondary N) is 1. The van der Waals surface area contributed by atoms with E-state index >= 15 is 0 Å². The highest BCUT2D eigenvalue weighted by atomic mass is 79.9. The second-order valence-corrected chi connectivity index (χ2v) is 8.45. The van der Waals surface area contributed by atoms with Gasteiger partial charge in [-0.05, 0) is 83.4 Å². The Hall–Kier alpha value is -3.71. The summed E-state index contributed by atoms with van der Waals surface area (Å²) in [5, 5.41) is 8.62. The molecule has 0 saturated carbocycles. The SMILES string of the molecule is CC1=NN(c2ccccc2)C(=O)/C1=C\c1ccc(OCC(=O)Nc2cccc(C)c2)c(Br)c1. The van der Waals surface area contributed by atoms with E-state index < -0.39 is 0 Å². The lowest BCUT2D eigenvalue weighted by Gasteiger charge is -2.11. The highest BCUT2D eigenvalue weighted by molar-refractivity contribution is 9.10. The van der Waals surface area contributed by atoms with Gasteiger partial charge in [0.2, 0.25) is 0 Å². The molecule has 0 spiro atoms. The van der Waals surface area contributed by atoms with Crippen LogP contribution in [0.2, 0.25) is 0 Å². The molecule has 0 aliphatic carbocycles. The Morgan fingerprint density at radius 2 is 1.85 bits per heavy atom. The highest BCUT2D eigenvalue weighted by Crippen LogP contribution is 2.29. The van der Waals surface area contributed by atoms with Gasteiger partial charge in [0, 0.05) is 5.69 Å². The monoisotopic (exact) mass is 503 g/mol. The van der Waals surface area contributed by atoms with Gasteiger partial charge in [-0.1, -0.05) is 36.4 Å². The third-order valence-corrected chi connectivity index (χ3v) is 5.61. The third kappa shape index (κ3) is 5.38. The molecule has 0 bridgehead atoms. The van der Waals surface area contributed by atoms with Crippen molar-refractivity contribution < 1.29 is 14.3 Å². The molecule has 166 valence electrons. The van der Waals surface area contributed by atoms with Crippen molar-refractivity contribution in [2.24, 2.45) is 5.10 Å². The maximum absolute atomic E-state index is 12.9. The van der Waals surface area contributed by atoms with E-state index in [-0.39, 0.29) is 18.4 Å². The average molecular weight is 504 g/mol. The second-order valence-electron chi connectivity index (χ2n) is 7.59. The zero-order chi connectivity index (χ0) is 23.4. The Kier molecular flexibility index (Phi) is 6.70. The lowest BCUT2D eigenvalue weighted by atomic mass is 10.1. The molecule has 3 aromatic carbocycles. The first-order valence-corrected chi connectivity index (χ1v) is 11.2. The summed E-state index contributed by atoms with van der Waals surface area (Å²) in [5.41, 5.74) is 4.50. The van der Waals surface area contributed by atoms with Crippen molar-refractivity contribution in [2.75, 3.05) is 16.9 Å². The lowest BCUT2D eigenvalue weighted by molar-refractivity contribution is -0.118. The first-order chi connectivity index (χ1) is 15.9. The Labute approximate surface area is 200 Å². The van der Waals surface area contributed by atoms with Crippen molar-refractivity contribution in [3.63, 3.8) is 0 Å². The van der Waals surface area contributed by atoms with Gasteiger partial charge in [0.25, 0.3) is 11.8 Å². The normalized spacial score (nSPS) is 14.4. The molecule has 0 radical (unpaired) electrons. The number of halogens is 1. The van der Waals surface area contributed by atoms with Gasteiger partial charge in [-0.2, -0.15) is 10.1 Å². The molecule has 3 aromatic rings. The molecule has 33 heavy (non-hydrogen) atoms. The molecule has 6 nitrogen and oxygen atoms in total. The maximum atomic E-state index is 12.9. The molecule has 1 N–H and O–H groups in total. The molecule has 0 unspecified atom stereocenters. The van der Waals surface area contributed by atoms with Crippen molar-refractivity contribution in [3.8, 4) is 5.75 Å². The van der Waals surface area contributed by atoms with E-state index in [9.17, 15) is 9.59 Å². The zero-order valence-corrected chi connectivity index (χ0v) is 19.8. The quantitative estimate of drug-likeness (QED) is 0.446. The van der Waals surface area contributed by atoms with Crippen LogP contribution < -0.4 is 15.1 Å². The van der Waals surface area contributed by atoms with Crippen LogP contribution in [-0.4, -0.2) is 24.1 Å². The van der Waals surface area contributed by atoms with Gasteiger partial charge in [0.1, 0.15) is 5.75 Å². The Balaban J connectivity index is 1.42. The summed E-state index contributed by atoms with van der Waals surface area (Å²) in [4.78, 5) is 25.1. The number of rotatable bonds is 6. The average Bonchev–Trinajstić information content (AvgIpc) is 3.07. The number of benzene rings is 3. The van der Waals surface area contributed by atoms with Crippen LogP contribution in [0.4, 0.5) is 11.4 Å². The van der Waals surface area contributed by atoms with Crippen LogP contribution in [0.1, 0.15) is 18.1 Å². The summed E-state index contributed by atoms with van der Waals surface area (Å²) in [6.07, 6.45) is 1.79. The van der Waals surface area contributed by atoms with E-state index in [1.807, 2.05) is 80.6 Å². The van der Waals surface area contributed by atoms with Crippen molar-refractivity contribution in [1.29, 1.82) is 0 Å². The molecular weight excluding hydrogens is 482 g/mol. The minimum atomic E-state index is -0.247. The van der Waals surface area contributed by atoms with E-state index in [1.165, 1.54) is 5.01 Å². The highest BCUT2D eigenvalue weighted by Gasteiger charge is 2.28. The first kappa shape index (κ1) is 22.5. The number of amides is 2. The van der Waals surface area contributed by atoms with Crippen molar-refractivity contribution >= 4 is 50.9 Å².